The molecule has 0 bridgehead atoms. The van der Waals surface area contributed by atoms with E-state index in [-0.39, 0.29) is 56.1 Å². The summed E-state index contributed by atoms with van der Waals surface area (Å²) in [6.45, 7) is -0.425. The molecule has 0 aliphatic carbocycles. The Bertz CT molecular complexity index is 2200. The SMILES string of the molecule is O=C(Cn1c2ccccc2c2cccnc21)NCc1ccc(CNC(=O)c2ccc3c(c2)CN(C2CCC(=O)NC2=O)C3=O)c(OC(F)(F)F)c1. The molecule has 2 aliphatic rings. The second-order valence-corrected chi connectivity index (χ2v) is 12.2. The number of hydrogen-bond donors (Lipinski definition) is 3. The van der Waals surface area contributed by atoms with Crippen LogP contribution in [0.3, 0.4) is 0 Å². The predicted molar refractivity (Wildman–Crippen MR) is 176 cm³/mol. The quantitative estimate of drug-likeness (QED) is 0.196. The summed E-state index contributed by atoms with van der Waals surface area (Å²) < 4.78 is 46.3. The minimum Gasteiger partial charge on any atom is -0.405 e. The minimum atomic E-state index is -5.02. The van der Waals surface area contributed by atoms with Gasteiger partial charge < -0.3 is 24.8 Å². The molecule has 2 aromatic heterocycles. The van der Waals surface area contributed by atoms with Crippen LogP contribution in [-0.4, -0.2) is 56.4 Å². The maximum atomic E-state index is 13.4. The number of imide groups is 1. The topological polar surface area (TPSA) is 152 Å². The van der Waals surface area contributed by atoms with Crippen LogP contribution in [0.1, 0.15) is 50.2 Å². The summed E-state index contributed by atoms with van der Waals surface area (Å²) in [6, 6.07) is 18.9. The van der Waals surface area contributed by atoms with E-state index in [2.05, 4.69) is 25.7 Å². The van der Waals surface area contributed by atoms with Crippen molar-refractivity contribution >= 4 is 51.5 Å². The number of alkyl halides is 3. The van der Waals surface area contributed by atoms with Crippen LogP contribution in [0.25, 0.3) is 21.9 Å². The lowest BCUT2D eigenvalue weighted by molar-refractivity contribution is -0.274. The first-order valence-corrected chi connectivity index (χ1v) is 16.0. The van der Waals surface area contributed by atoms with E-state index in [4.69, 9.17) is 0 Å². The Balaban J connectivity index is 1.01. The fraction of sp³-hybridized carbons (Fsp3) is 0.222. The zero-order chi connectivity index (χ0) is 35.9. The number of fused-ring (bicyclic) bond motifs is 4. The van der Waals surface area contributed by atoms with Gasteiger partial charge in [-0.1, -0.05) is 30.3 Å². The van der Waals surface area contributed by atoms with Gasteiger partial charge in [0.15, 0.2) is 0 Å². The number of halogens is 3. The molecule has 4 heterocycles. The molecule has 1 unspecified atom stereocenters. The van der Waals surface area contributed by atoms with Crippen molar-refractivity contribution in [2.75, 3.05) is 0 Å². The van der Waals surface area contributed by atoms with E-state index in [0.29, 0.717) is 22.3 Å². The van der Waals surface area contributed by atoms with Crippen LogP contribution in [0.15, 0.2) is 79.0 Å². The van der Waals surface area contributed by atoms with Crippen molar-refractivity contribution in [2.24, 2.45) is 0 Å². The standard InChI is InChI=1S/C36H29F3N6O6/c37-36(38,39)51-29-14-20(16-41-31(47)19-44-27-6-2-1-4-25(27)26-5-3-13-40-32(26)44)7-8-22(29)17-42-33(48)21-9-10-24-23(15-21)18-45(35(24)50)28-11-12-30(46)43-34(28)49/h1-10,13-15,28H,11-12,16-19H2,(H,41,47)(H,42,48)(H,43,46,49). The maximum absolute atomic E-state index is 13.4. The lowest BCUT2D eigenvalue weighted by Gasteiger charge is -2.29. The summed E-state index contributed by atoms with van der Waals surface area (Å²) in [6.07, 6.45) is -3.10. The highest BCUT2D eigenvalue weighted by atomic mass is 19.4. The number of amides is 5. The van der Waals surface area contributed by atoms with Crippen molar-refractivity contribution in [3.63, 3.8) is 0 Å². The molecule has 5 amide bonds. The second-order valence-electron chi connectivity index (χ2n) is 12.2. The number of aromatic nitrogens is 2. The van der Waals surface area contributed by atoms with Gasteiger partial charge in [-0.15, -0.1) is 13.2 Å². The second kappa shape index (κ2) is 13.2. The number of benzene rings is 3. The monoisotopic (exact) mass is 698 g/mol. The van der Waals surface area contributed by atoms with Gasteiger partial charge in [0.25, 0.3) is 11.8 Å². The Morgan fingerprint density at radius 3 is 2.55 bits per heavy atom. The molecule has 0 saturated carbocycles. The smallest absolute Gasteiger partial charge is 0.405 e. The van der Waals surface area contributed by atoms with Gasteiger partial charge in [-0.3, -0.25) is 29.3 Å². The highest BCUT2D eigenvalue weighted by Gasteiger charge is 2.39. The number of carbonyl (C=O) groups is 5. The lowest BCUT2D eigenvalue weighted by Crippen LogP contribution is -2.52. The third-order valence-electron chi connectivity index (χ3n) is 8.90. The molecule has 2 aliphatic heterocycles. The molecular weight excluding hydrogens is 669 g/mol. The van der Waals surface area contributed by atoms with E-state index in [0.717, 1.165) is 22.4 Å². The molecule has 1 fully saturated rings. The van der Waals surface area contributed by atoms with Gasteiger partial charge in [0.05, 0.1) is 5.52 Å². The molecule has 7 rings (SSSR count). The molecule has 5 aromatic rings. The molecule has 51 heavy (non-hydrogen) atoms. The van der Waals surface area contributed by atoms with E-state index in [1.54, 1.807) is 10.8 Å². The molecule has 1 atom stereocenters. The number of nitrogens with zero attached hydrogens (tertiary/aromatic N) is 3. The van der Waals surface area contributed by atoms with Gasteiger partial charge in [0.2, 0.25) is 17.7 Å². The zero-order valence-electron chi connectivity index (χ0n) is 26.8. The highest BCUT2D eigenvalue weighted by molar-refractivity contribution is 6.07. The summed E-state index contributed by atoms with van der Waals surface area (Å²) in [5, 5.41) is 9.39. The van der Waals surface area contributed by atoms with Crippen molar-refractivity contribution in [3.8, 4) is 5.75 Å². The summed E-state index contributed by atoms with van der Waals surface area (Å²) in [7, 11) is 0. The third-order valence-corrected chi connectivity index (χ3v) is 8.90. The van der Waals surface area contributed by atoms with Gasteiger partial charge in [0, 0.05) is 59.7 Å². The number of para-hydroxylation sites is 1. The average Bonchev–Trinajstić information content (AvgIpc) is 3.60. The van der Waals surface area contributed by atoms with Crippen LogP contribution < -0.4 is 20.7 Å². The van der Waals surface area contributed by atoms with Crippen LogP contribution >= 0.6 is 0 Å². The summed E-state index contributed by atoms with van der Waals surface area (Å²) >= 11 is 0. The molecule has 3 aromatic carbocycles. The third kappa shape index (κ3) is 6.82. The van der Waals surface area contributed by atoms with E-state index in [9.17, 15) is 37.1 Å². The van der Waals surface area contributed by atoms with E-state index in [1.807, 2.05) is 36.4 Å². The first kappa shape index (κ1) is 33.3. The minimum absolute atomic E-state index is 0.0347. The van der Waals surface area contributed by atoms with Crippen LogP contribution in [0, 0.1) is 0 Å². The lowest BCUT2D eigenvalue weighted by atomic mass is 10.0. The normalized spacial score (nSPS) is 15.9. The van der Waals surface area contributed by atoms with Crippen molar-refractivity contribution < 1.29 is 41.9 Å². The first-order valence-electron chi connectivity index (χ1n) is 16.0. The summed E-state index contributed by atoms with van der Waals surface area (Å²) in [4.78, 5) is 68.7. The molecule has 3 N–H and O–H groups in total. The molecular formula is C36H29F3N6O6. The van der Waals surface area contributed by atoms with E-state index in [1.165, 1.54) is 35.2 Å². The summed E-state index contributed by atoms with van der Waals surface area (Å²) in [5.41, 5.74) is 2.78. The van der Waals surface area contributed by atoms with Gasteiger partial charge in [-0.05, 0) is 60.0 Å². The van der Waals surface area contributed by atoms with E-state index >= 15 is 0 Å². The number of rotatable bonds is 9. The predicted octanol–water partition coefficient (Wildman–Crippen LogP) is 4.10. The van der Waals surface area contributed by atoms with Crippen LogP contribution in [0.2, 0.25) is 0 Å². The fourth-order valence-corrected chi connectivity index (χ4v) is 6.50. The first-order chi connectivity index (χ1) is 24.4. The van der Waals surface area contributed by atoms with Crippen molar-refractivity contribution in [2.45, 2.75) is 51.4 Å². The number of pyridine rings is 1. The Morgan fingerprint density at radius 2 is 1.75 bits per heavy atom. The van der Waals surface area contributed by atoms with E-state index < -0.39 is 41.8 Å². The molecule has 15 heteroatoms. The van der Waals surface area contributed by atoms with Crippen LogP contribution in [0.4, 0.5) is 13.2 Å². The number of carbonyl (C=O) groups excluding carboxylic acids is 5. The molecule has 1 saturated heterocycles. The van der Waals surface area contributed by atoms with Gasteiger partial charge in [-0.25, -0.2) is 4.98 Å². The Morgan fingerprint density at radius 1 is 0.941 bits per heavy atom. The molecule has 12 nitrogen and oxygen atoms in total. The van der Waals surface area contributed by atoms with Gasteiger partial charge >= 0.3 is 6.36 Å². The summed E-state index contributed by atoms with van der Waals surface area (Å²) in [5.74, 6) is -2.91. The van der Waals surface area contributed by atoms with Gasteiger partial charge in [0.1, 0.15) is 24.0 Å². The number of piperidine rings is 1. The number of ether oxygens (including phenoxy) is 1. The Labute approximate surface area is 287 Å². The number of nitrogens with one attached hydrogen (secondary N) is 3. The highest BCUT2D eigenvalue weighted by Crippen LogP contribution is 2.31. The van der Waals surface area contributed by atoms with Gasteiger partial charge in [-0.2, -0.15) is 0 Å². The number of hydrogen-bond acceptors (Lipinski definition) is 7. The maximum Gasteiger partial charge on any atom is 0.573 e. The molecule has 0 radical (unpaired) electrons. The Kier molecular flexibility index (Phi) is 8.62. The Hall–Kier alpha value is -6.25. The average molecular weight is 699 g/mol. The van der Waals surface area contributed by atoms with Crippen molar-refractivity contribution in [3.05, 3.63) is 107 Å². The fourth-order valence-electron chi connectivity index (χ4n) is 6.50. The van der Waals surface area contributed by atoms with Crippen molar-refractivity contribution in [1.29, 1.82) is 0 Å². The van der Waals surface area contributed by atoms with Crippen molar-refractivity contribution in [1.82, 2.24) is 30.4 Å². The van der Waals surface area contributed by atoms with Crippen LogP contribution in [0.5, 0.6) is 5.75 Å². The molecule has 0 spiro atoms. The molecule has 260 valence electrons. The zero-order valence-corrected chi connectivity index (χ0v) is 26.8. The van der Waals surface area contributed by atoms with Crippen LogP contribution in [-0.2, 0) is 40.6 Å². The largest absolute Gasteiger partial charge is 0.573 e.